The fourth-order valence-electron chi connectivity index (χ4n) is 2.61. The minimum absolute atomic E-state index is 0.0439. The van der Waals surface area contributed by atoms with Crippen LogP contribution >= 0.6 is 0 Å². The predicted octanol–water partition coefficient (Wildman–Crippen LogP) is 1.37. The number of nitrogens with zero attached hydrogens (tertiary/aromatic N) is 1. The van der Waals surface area contributed by atoms with Crippen LogP contribution in [0.4, 0.5) is 0 Å². The van der Waals surface area contributed by atoms with Gasteiger partial charge in [0.2, 0.25) is 10.0 Å². The van der Waals surface area contributed by atoms with E-state index in [2.05, 4.69) is 16.5 Å². The molecule has 1 aliphatic rings. The molecule has 22 heavy (non-hydrogen) atoms. The van der Waals surface area contributed by atoms with Crippen molar-refractivity contribution >= 4 is 10.0 Å². The van der Waals surface area contributed by atoms with E-state index in [-0.39, 0.29) is 11.4 Å². The SMILES string of the molecule is Cc1ccc(S(=O)(=O)NC[C@@H](O)CN2CCC(C)CC2)cc1. The average molecular weight is 326 g/mol. The number of benzene rings is 1. The normalized spacial score (nSPS) is 19.2. The minimum Gasteiger partial charge on any atom is -0.390 e. The van der Waals surface area contributed by atoms with Gasteiger partial charge in [-0.2, -0.15) is 0 Å². The number of β-amino-alcohol motifs (C(OH)–C–C–N with tert-alkyl or cyclic N) is 1. The first-order valence-corrected chi connectivity index (χ1v) is 9.32. The zero-order valence-corrected chi connectivity index (χ0v) is 14.1. The maximum absolute atomic E-state index is 12.1. The molecule has 2 rings (SSSR count). The fraction of sp³-hybridized carbons (Fsp3) is 0.625. The third kappa shape index (κ3) is 5.05. The van der Waals surface area contributed by atoms with Crippen molar-refractivity contribution in [2.45, 2.75) is 37.7 Å². The van der Waals surface area contributed by atoms with Crippen LogP contribution < -0.4 is 4.72 Å². The van der Waals surface area contributed by atoms with Crippen molar-refractivity contribution in [3.63, 3.8) is 0 Å². The summed E-state index contributed by atoms with van der Waals surface area (Å²) in [7, 11) is -3.55. The van der Waals surface area contributed by atoms with E-state index in [1.54, 1.807) is 24.3 Å². The van der Waals surface area contributed by atoms with E-state index in [4.69, 9.17) is 0 Å². The molecule has 0 saturated carbocycles. The van der Waals surface area contributed by atoms with E-state index in [1.807, 2.05) is 6.92 Å². The number of aryl methyl sites for hydroxylation is 1. The van der Waals surface area contributed by atoms with Crippen molar-refractivity contribution in [1.29, 1.82) is 0 Å². The van der Waals surface area contributed by atoms with Crippen LogP contribution in [0, 0.1) is 12.8 Å². The molecule has 1 aromatic rings. The van der Waals surface area contributed by atoms with Crippen molar-refractivity contribution in [3.05, 3.63) is 29.8 Å². The summed E-state index contributed by atoms with van der Waals surface area (Å²) in [6.45, 7) is 6.66. The Labute approximate surface area is 133 Å². The maximum atomic E-state index is 12.1. The van der Waals surface area contributed by atoms with Crippen LogP contribution in [-0.2, 0) is 10.0 Å². The molecule has 5 nitrogen and oxygen atoms in total. The van der Waals surface area contributed by atoms with Crippen LogP contribution in [0.5, 0.6) is 0 Å². The molecule has 2 N–H and O–H groups in total. The molecule has 6 heteroatoms. The summed E-state index contributed by atoms with van der Waals surface area (Å²) in [5.41, 5.74) is 1.01. The molecule has 1 heterocycles. The van der Waals surface area contributed by atoms with Gasteiger partial charge in [-0.25, -0.2) is 13.1 Å². The molecule has 0 spiro atoms. The second kappa shape index (κ2) is 7.55. The van der Waals surface area contributed by atoms with Gasteiger partial charge in [0.15, 0.2) is 0 Å². The van der Waals surface area contributed by atoms with E-state index in [0.717, 1.165) is 37.4 Å². The molecule has 0 unspecified atom stereocenters. The first kappa shape index (κ1) is 17.4. The molecule has 0 radical (unpaired) electrons. The molecule has 0 aromatic heterocycles. The summed E-state index contributed by atoms with van der Waals surface area (Å²) in [5, 5.41) is 10.1. The van der Waals surface area contributed by atoms with E-state index in [9.17, 15) is 13.5 Å². The van der Waals surface area contributed by atoms with Gasteiger partial charge in [-0.15, -0.1) is 0 Å². The lowest BCUT2D eigenvalue weighted by Gasteiger charge is -2.31. The van der Waals surface area contributed by atoms with Crippen molar-refractivity contribution in [1.82, 2.24) is 9.62 Å². The van der Waals surface area contributed by atoms with E-state index in [1.165, 1.54) is 0 Å². The van der Waals surface area contributed by atoms with Crippen LogP contribution in [0.25, 0.3) is 0 Å². The first-order valence-electron chi connectivity index (χ1n) is 7.83. The number of aliphatic hydroxyl groups excluding tert-OH is 1. The van der Waals surface area contributed by atoms with Gasteiger partial charge in [0, 0.05) is 13.1 Å². The van der Waals surface area contributed by atoms with Crippen LogP contribution in [0.2, 0.25) is 0 Å². The molecule has 0 aliphatic carbocycles. The van der Waals surface area contributed by atoms with Crippen LogP contribution in [0.1, 0.15) is 25.3 Å². The van der Waals surface area contributed by atoms with Gasteiger partial charge < -0.3 is 10.0 Å². The van der Waals surface area contributed by atoms with Gasteiger partial charge in [0.05, 0.1) is 11.0 Å². The Balaban J connectivity index is 1.82. The number of hydrogen-bond donors (Lipinski definition) is 2. The van der Waals surface area contributed by atoms with Crippen molar-refractivity contribution in [3.8, 4) is 0 Å². The molecule has 1 aliphatic heterocycles. The fourth-order valence-corrected chi connectivity index (χ4v) is 3.69. The Bertz CT molecular complexity index is 564. The second-order valence-corrected chi connectivity index (χ2v) is 8.07. The molecular weight excluding hydrogens is 300 g/mol. The van der Waals surface area contributed by atoms with Gasteiger partial charge in [0.1, 0.15) is 0 Å². The van der Waals surface area contributed by atoms with Crippen LogP contribution in [-0.4, -0.2) is 50.7 Å². The topological polar surface area (TPSA) is 69.6 Å². The molecule has 1 fully saturated rings. The quantitative estimate of drug-likeness (QED) is 0.828. The zero-order chi connectivity index (χ0) is 16.2. The summed E-state index contributed by atoms with van der Waals surface area (Å²) in [6.07, 6.45) is 1.59. The summed E-state index contributed by atoms with van der Waals surface area (Å²) < 4.78 is 26.8. The lowest BCUT2D eigenvalue weighted by atomic mass is 9.99. The molecule has 1 atom stereocenters. The third-order valence-corrected chi connectivity index (χ3v) is 5.62. The van der Waals surface area contributed by atoms with Crippen LogP contribution in [0.3, 0.4) is 0 Å². The summed E-state index contributed by atoms with van der Waals surface area (Å²) in [6, 6.07) is 6.69. The molecule has 1 saturated heterocycles. The highest BCUT2D eigenvalue weighted by Gasteiger charge is 2.20. The number of nitrogens with one attached hydrogen (secondary N) is 1. The van der Waals surface area contributed by atoms with Gasteiger partial charge in [0.25, 0.3) is 0 Å². The van der Waals surface area contributed by atoms with E-state index >= 15 is 0 Å². The Morgan fingerprint density at radius 3 is 2.45 bits per heavy atom. The molecule has 124 valence electrons. The lowest BCUT2D eigenvalue weighted by Crippen LogP contribution is -2.43. The number of aliphatic hydroxyl groups is 1. The Kier molecular flexibility index (Phi) is 5.97. The Hall–Kier alpha value is -0.950. The van der Waals surface area contributed by atoms with Gasteiger partial charge in [-0.1, -0.05) is 24.6 Å². The monoisotopic (exact) mass is 326 g/mol. The molecular formula is C16H26N2O3S. The highest BCUT2D eigenvalue weighted by molar-refractivity contribution is 7.89. The standard InChI is InChI=1S/C16H26N2O3S/c1-13-3-5-16(6-4-13)22(20,21)17-11-15(19)12-18-9-7-14(2)8-10-18/h3-6,14-15,17,19H,7-12H2,1-2H3/t15-/m1/s1. The molecule has 0 amide bonds. The Morgan fingerprint density at radius 2 is 1.86 bits per heavy atom. The third-order valence-electron chi connectivity index (χ3n) is 4.19. The largest absolute Gasteiger partial charge is 0.390 e. The number of likely N-dealkylation sites (tertiary alicyclic amines) is 1. The lowest BCUT2D eigenvalue weighted by molar-refractivity contribution is 0.0942. The van der Waals surface area contributed by atoms with Crippen molar-refractivity contribution in [2.24, 2.45) is 5.92 Å². The highest BCUT2D eigenvalue weighted by Crippen LogP contribution is 2.16. The molecule has 0 bridgehead atoms. The zero-order valence-electron chi connectivity index (χ0n) is 13.3. The second-order valence-electron chi connectivity index (χ2n) is 6.30. The van der Waals surface area contributed by atoms with Gasteiger partial charge >= 0.3 is 0 Å². The summed E-state index contributed by atoms with van der Waals surface area (Å²) >= 11 is 0. The van der Waals surface area contributed by atoms with Gasteiger partial charge in [-0.3, -0.25) is 0 Å². The van der Waals surface area contributed by atoms with E-state index < -0.39 is 16.1 Å². The summed E-state index contributed by atoms with van der Waals surface area (Å²) in [5.74, 6) is 0.744. The number of hydrogen-bond acceptors (Lipinski definition) is 4. The van der Waals surface area contributed by atoms with Gasteiger partial charge in [-0.05, 0) is 50.9 Å². The maximum Gasteiger partial charge on any atom is 0.240 e. The van der Waals surface area contributed by atoms with Crippen molar-refractivity contribution in [2.75, 3.05) is 26.2 Å². The van der Waals surface area contributed by atoms with Crippen molar-refractivity contribution < 1.29 is 13.5 Å². The molecule has 1 aromatic carbocycles. The smallest absolute Gasteiger partial charge is 0.240 e. The first-order chi connectivity index (χ1) is 10.4. The average Bonchev–Trinajstić information content (AvgIpc) is 2.48. The Morgan fingerprint density at radius 1 is 1.27 bits per heavy atom. The van der Waals surface area contributed by atoms with E-state index in [0.29, 0.717) is 6.54 Å². The number of rotatable bonds is 6. The number of piperidine rings is 1. The minimum atomic E-state index is -3.55. The highest BCUT2D eigenvalue weighted by atomic mass is 32.2. The number of sulfonamides is 1. The predicted molar refractivity (Wildman–Crippen MR) is 87.2 cm³/mol. The van der Waals surface area contributed by atoms with Crippen LogP contribution in [0.15, 0.2) is 29.2 Å². The summed E-state index contributed by atoms with van der Waals surface area (Å²) in [4.78, 5) is 2.43.